The molecule has 3 N–H and O–H groups in total. The van der Waals surface area contributed by atoms with Crippen molar-refractivity contribution in [3.8, 4) is 17.6 Å². The Morgan fingerprint density at radius 1 is 1.62 bits per heavy atom. The largest absolute Gasteiger partial charge is 0.507 e. The fourth-order valence-electron chi connectivity index (χ4n) is 1.09. The molecule has 1 aromatic rings. The summed E-state index contributed by atoms with van der Waals surface area (Å²) in [6, 6.07) is 5.71. The molecule has 0 aliphatic rings. The molecule has 0 aliphatic heterocycles. The lowest BCUT2D eigenvalue weighted by atomic mass is 10.1. The molecule has 0 bridgehead atoms. The van der Waals surface area contributed by atoms with Crippen molar-refractivity contribution in [1.29, 1.82) is 5.26 Å². The number of hydrogen-bond acceptors (Lipinski definition) is 4. The average molecular weight is 178 g/mol. The van der Waals surface area contributed by atoms with Crippen molar-refractivity contribution >= 4 is 0 Å². The number of benzene rings is 1. The van der Waals surface area contributed by atoms with E-state index in [1.54, 1.807) is 12.1 Å². The third kappa shape index (κ3) is 1.71. The average Bonchev–Trinajstić information content (AvgIpc) is 2.16. The summed E-state index contributed by atoms with van der Waals surface area (Å²) < 4.78 is 4.96. The molecule has 0 fully saturated rings. The van der Waals surface area contributed by atoms with Gasteiger partial charge in [0.25, 0.3) is 0 Å². The van der Waals surface area contributed by atoms with Crippen molar-refractivity contribution in [3.05, 3.63) is 23.8 Å². The van der Waals surface area contributed by atoms with E-state index in [-0.39, 0.29) is 5.75 Å². The second-order valence-electron chi connectivity index (χ2n) is 2.50. The van der Waals surface area contributed by atoms with Crippen LogP contribution in [-0.4, -0.2) is 12.2 Å². The smallest absolute Gasteiger partial charge is 0.128 e. The molecule has 0 saturated carbocycles. The van der Waals surface area contributed by atoms with Gasteiger partial charge in [-0.25, -0.2) is 0 Å². The van der Waals surface area contributed by atoms with Gasteiger partial charge in [0.15, 0.2) is 0 Å². The highest BCUT2D eigenvalue weighted by molar-refractivity contribution is 5.47. The van der Waals surface area contributed by atoms with Crippen LogP contribution in [0.4, 0.5) is 0 Å². The number of aromatic hydroxyl groups is 1. The zero-order valence-electron chi connectivity index (χ0n) is 7.19. The predicted octanol–water partition coefficient (Wildman–Crippen LogP) is 0.924. The first-order valence-electron chi connectivity index (χ1n) is 3.71. The molecule has 1 rings (SSSR count). The summed E-state index contributed by atoms with van der Waals surface area (Å²) in [5.41, 5.74) is 5.80. The fraction of sp³-hybridized carbons (Fsp3) is 0.222. The maximum Gasteiger partial charge on any atom is 0.128 e. The fourth-order valence-corrected chi connectivity index (χ4v) is 1.09. The molecule has 1 atom stereocenters. The van der Waals surface area contributed by atoms with Gasteiger partial charge in [0.05, 0.1) is 18.7 Å². The van der Waals surface area contributed by atoms with E-state index >= 15 is 0 Å². The van der Waals surface area contributed by atoms with Crippen molar-refractivity contribution in [1.82, 2.24) is 0 Å². The van der Waals surface area contributed by atoms with Gasteiger partial charge in [0, 0.05) is 0 Å². The van der Waals surface area contributed by atoms with Crippen LogP contribution in [0.5, 0.6) is 11.5 Å². The molecule has 0 radical (unpaired) electrons. The molecule has 0 aromatic heterocycles. The number of nitrogens with two attached hydrogens (primary N) is 1. The molecule has 0 amide bonds. The summed E-state index contributed by atoms with van der Waals surface area (Å²) in [5.74, 6) is 0.405. The number of hydrogen-bond donors (Lipinski definition) is 2. The normalized spacial score (nSPS) is 11.8. The monoisotopic (exact) mass is 178 g/mol. The zero-order chi connectivity index (χ0) is 9.84. The van der Waals surface area contributed by atoms with Crippen molar-refractivity contribution in [2.75, 3.05) is 7.11 Å². The molecule has 4 nitrogen and oxygen atoms in total. The molecular formula is C9H10N2O2. The molecule has 1 aromatic carbocycles. The number of nitriles is 1. The van der Waals surface area contributed by atoms with E-state index < -0.39 is 6.04 Å². The minimum absolute atomic E-state index is 0.0200. The Hall–Kier alpha value is -1.73. The summed E-state index contributed by atoms with van der Waals surface area (Å²) >= 11 is 0. The predicted molar refractivity (Wildman–Crippen MR) is 47.2 cm³/mol. The van der Waals surface area contributed by atoms with Crippen LogP contribution < -0.4 is 10.5 Å². The van der Waals surface area contributed by atoms with Gasteiger partial charge < -0.3 is 15.6 Å². The Bertz CT molecular complexity index is 344. The van der Waals surface area contributed by atoms with E-state index in [4.69, 9.17) is 15.7 Å². The van der Waals surface area contributed by atoms with E-state index in [2.05, 4.69) is 0 Å². The van der Waals surface area contributed by atoms with Gasteiger partial charge in [-0.05, 0) is 12.1 Å². The highest BCUT2D eigenvalue weighted by atomic mass is 16.5. The minimum atomic E-state index is -0.865. The summed E-state index contributed by atoms with van der Waals surface area (Å²) in [6.07, 6.45) is 0. The van der Waals surface area contributed by atoms with Gasteiger partial charge in [-0.3, -0.25) is 0 Å². The van der Waals surface area contributed by atoms with Gasteiger partial charge in [0.2, 0.25) is 0 Å². The van der Waals surface area contributed by atoms with Crippen LogP contribution in [0.25, 0.3) is 0 Å². The van der Waals surface area contributed by atoms with Crippen molar-refractivity contribution in [2.24, 2.45) is 5.73 Å². The summed E-state index contributed by atoms with van der Waals surface area (Å²) in [5, 5.41) is 18.0. The number of ether oxygens (including phenoxy) is 1. The quantitative estimate of drug-likeness (QED) is 0.705. The molecule has 13 heavy (non-hydrogen) atoms. The number of methoxy groups -OCH3 is 1. The molecule has 68 valence electrons. The first-order chi connectivity index (χ1) is 6.20. The second-order valence-corrected chi connectivity index (χ2v) is 2.50. The SMILES string of the molecule is COc1cccc(O)c1C(N)C#N. The highest BCUT2D eigenvalue weighted by Gasteiger charge is 2.15. The molecule has 0 aliphatic carbocycles. The zero-order valence-corrected chi connectivity index (χ0v) is 7.19. The van der Waals surface area contributed by atoms with E-state index in [0.717, 1.165) is 0 Å². The summed E-state index contributed by atoms with van der Waals surface area (Å²) in [4.78, 5) is 0. The lowest BCUT2D eigenvalue weighted by Gasteiger charge is -2.10. The third-order valence-electron chi connectivity index (χ3n) is 1.71. The van der Waals surface area contributed by atoms with E-state index in [9.17, 15) is 5.11 Å². The van der Waals surface area contributed by atoms with E-state index in [0.29, 0.717) is 11.3 Å². The first kappa shape index (κ1) is 9.36. The molecule has 0 heterocycles. The second kappa shape index (κ2) is 3.78. The van der Waals surface area contributed by atoms with Gasteiger partial charge in [-0.1, -0.05) is 6.07 Å². The summed E-state index contributed by atoms with van der Waals surface area (Å²) in [6.45, 7) is 0. The topological polar surface area (TPSA) is 79.3 Å². The number of phenolic OH excluding ortho intramolecular Hbond substituents is 1. The van der Waals surface area contributed by atoms with Crippen LogP contribution in [0.2, 0.25) is 0 Å². The lowest BCUT2D eigenvalue weighted by Crippen LogP contribution is -2.09. The molecular weight excluding hydrogens is 168 g/mol. The van der Waals surface area contributed by atoms with Crippen LogP contribution >= 0.6 is 0 Å². The maximum atomic E-state index is 9.41. The highest BCUT2D eigenvalue weighted by Crippen LogP contribution is 2.31. The number of nitrogens with zero attached hydrogens (tertiary/aromatic N) is 1. The Balaban J connectivity index is 3.24. The van der Waals surface area contributed by atoms with E-state index in [1.807, 2.05) is 6.07 Å². The van der Waals surface area contributed by atoms with Crippen LogP contribution in [0.1, 0.15) is 11.6 Å². The van der Waals surface area contributed by atoms with Gasteiger partial charge in [-0.2, -0.15) is 5.26 Å². The minimum Gasteiger partial charge on any atom is -0.507 e. The number of rotatable bonds is 2. The molecule has 0 saturated heterocycles. The van der Waals surface area contributed by atoms with E-state index in [1.165, 1.54) is 13.2 Å². The standard InChI is InChI=1S/C9H10N2O2/c1-13-8-4-2-3-7(12)9(8)6(11)5-10/h2-4,6,12H,11H2,1H3. The van der Waals surface area contributed by atoms with Crippen LogP contribution in [0.15, 0.2) is 18.2 Å². The molecule has 4 heteroatoms. The molecule has 1 unspecified atom stereocenters. The Kier molecular flexibility index (Phi) is 2.72. The Morgan fingerprint density at radius 2 is 2.31 bits per heavy atom. The lowest BCUT2D eigenvalue weighted by molar-refractivity contribution is 0.398. The van der Waals surface area contributed by atoms with Crippen molar-refractivity contribution in [3.63, 3.8) is 0 Å². The first-order valence-corrected chi connectivity index (χ1v) is 3.71. The van der Waals surface area contributed by atoms with Crippen molar-refractivity contribution < 1.29 is 9.84 Å². The van der Waals surface area contributed by atoms with Crippen LogP contribution in [-0.2, 0) is 0 Å². The van der Waals surface area contributed by atoms with Gasteiger partial charge >= 0.3 is 0 Å². The van der Waals surface area contributed by atoms with Crippen molar-refractivity contribution in [2.45, 2.75) is 6.04 Å². The van der Waals surface area contributed by atoms with Gasteiger partial charge in [0.1, 0.15) is 17.5 Å². The Labute approximate surface area is 76.2 Å². The number of phenols is 1. The molecule has 0 spiro atoms. The Morgan fingerprint density at radius 3 is 2.85 bits per heavy atom. The van der Waals surface area contributed by atoms with Gasteiger partial charge in [-0.15, -0.1) is 0 Å². The maximum absolute atomic E-state index is 9.41. The third-order valence-corrected chi connectivity index (χ3v) is 1.71. The van der Waals surface area contributed by atoms with Crippen LogP contribution in [0, 0.1) is 11.3 Å². The van der Waals surface area contributed by atoms with Crippen LogP contribution in [0.3, 0.4) is 0 Å². The summed E-state index contributed by atoms with van der Waals surface area (Å²) in [7, 11) is 1.46.